The minimum absolute atomic E-state index is 0.486. The first-order chi connectivity index (χ1) is 8.30. The number of anilines is 1. The Balaban J connectivity index is 2.34. The molecule has 0 heterocycles. The Morgan fingerprint density at radius 1 is 1.18 bits per heavy atom. The van der Waals surface area contributed by atoms with Crippen molar-refractivity contribution >= 4 is 5.69 Å². The van der Waals surface area contributed by atoms with Crippen LogP contribution in [-0.4, -0.2) is 31.1 Å². The zero-order chi connectivity index (χ0) is 12.5. The van der Waals surface area contributed by atoms with Crippen LogP contribution in [0.4, 0.5) is 5.69 Å². The normalized spacial score (nSPS) is 10.2. The van der Waals surface area contributed by atoms with Crippen molar-refractivity contribution in [1.82, 2.24) is 4.90 Å². The van der Waals surface area contributed by atoms with E-state index in [-0.39, 0.29) is 0 Å². The molecule has 0 aliphatic heterocycles. The van der Waals surface area contributed by atoms with E-state index in [1.54, 1.807) is 0 Å². The summed E-state index contributed by atoms with van der Waals surface area (Å²) in [6, 6.07) is 10.2. The van der Waals surface area contributed by atoms with Crippen LogP contribution in [0.3, 0.4) is 0 Å². The molecule has 17 heavy (non-hydrogen) atoms. The molecule has 92 valence electrons. The summed E-state index contributed by atoms with van der Waals surface area (Å²) < 4.78 is 0. The number of nitrogens with zero attached hydrogens (tertiary/aromatic N) is 2. The lowest BCUT2D eigenvalue weighted by atomic mass is 10.1. The van der Waals surface area contributed by atoms with E-state index in [1.807, 2.05) is 24.3 Å². The molecule has 0 aliphatic rings. The summed E-state index contributed by atoms with van der Waals surface area (Å²) in [4.78, 5) is 2.39. The van der Waals surface area contributed by atoms with Gasteiger partial charge in [0.2, 0.25) is 0 Å². The zero-order valence-corrected chi connectivity index (χ0v) is 10.7. The van der Waals surface area contributed by atoms with Crippen LogP contribution in [0.25, 0.3) is 0 Å². The maximum absolute atomic E-state index is 8.57. The van der Waals surface area contributed by atoms with E-state index in [9.17, 15) is 0 Å². The summed E-state index contributed by atoms with van der Waals surface area (Å²) in [6.07, 6.45) is 0.486. The Morgan fingerprint density at radius 3 is 2.35 bits per heavy atom. The summed E-state index contributed by atoms with van der Waals surface area (Å²) in [5, 5.41) is 12.0. The van der Waals surface area contributed by atoms with Gasteiger partial charge in [-0.05, 0) is 30.8 Å². The number of nitrogens with one attached hydrogen (secondary N) is 1. The molecule has 0 bridgehead atoms. The Kier molecular flexibility index (Phi) is 6.13. The number of rotatable bonds is 7. The number of benzene rings is 1. The molecular formula is C14H21N3. The van der Waals surface area contributed by atoms with E-state index >= 15 is 0 Å². The second-order valence-corrected chi connectivity index (χ2v) is 3.99. The van der Waals surface area contributed by atoms with E-state index < -0.39 is 0 Å². The second-order valence-electron chi connectivity index (χ2n) is 3.99. The van der Waals surface area contributed by atoms with E-state index in [0.29, 0.717) is 6.42 Å². The van der Waals surface area contributed by atoms with Gasteiger partial charge in [0.25, 0.3) is 0 Å². The van der Waals surface area contributed by atoms with Crippen LogP contribution in [0.1, 0.15) is 19.4 Å². The zero-order valence-electron chi connectivity index (χ0n) is 10.7. The fourth-order valence-electron chi connectivity index (χ4n) is 1.73. The quantitative estimate of drug-likeness (QED) is 0.783. The highest BCUT2D eigenvalue weighted by Crippen LogP contribution is 2.09. The number of likely N-dealkylation sites (N-methyl/N-ethyl adjacent to an activating group) is 1. The van der Waals surface area contributed by atoms with Gasteiger partial charge in [-0.2, -0.15) is 5.26 Å². The molecule has 0 saturated carbocycles. The molecule has 0 aliphatic carbocycles. The highest BCUT2D eigenvalue weighted by Gasteiger charge is 1.98. The van der Waals surface area contributed by atoms with E-state index in [2.05, 4.69) is 30.1 Å². The van der Waals surface area contributed by atoms with Crippen LogP contribution in [0.2, 0.25) is 0 Å². The number of nitriles is 1. The van der Waals surface area contributed by atoms with Gasteiger partial charge >= 0.3 is 0 Å². The van der Waals surface area contributed by atoms with Gasteiger partial charge < -0.3 is 10.2 Å². The first kappa shape index (κ1) is 13.5. The van der Waals surface area contributed by atoms with E-state index in [0.717, 1.165) is 37.4 Å². The van der Waals surface area contributed by atoms with E-state index in [1.165, 1.54) is 0 Å². The maximum Gasteiger partial charge on any atom is 0.0669 e. The molecule has 1 rings (SSSR count). The fourth-order valence-corrected chi connectivity index (χ4v) is 1.73. The Labute approximate surface area is 104 Å². The number of hydrogen-bond donors (Lipinski definition) is 1. The van der Waals surface area contributed by atoms with Crippen molar-refractivity contribution in [2.45, 2.75) is 20.3 Å². The molecule has 0 amide bonds. The molecule has 3 nitrogen and oxygen atoms in total. The van der Waals surface area contributed by atoms with Gasteiger partial charge in [-0.1, -0.05) is 26.0 Å². The lowest BCUT2D eigenvalue weighted by Gasteiger charge is -2.18. The SMILES string of the molecule is CCN(CC)CCNc1ccc(CC#N)cc1. The van der Waals surface area contributed by atoms with Crippen molar-refractivity contribution in [2.24, 2.45) is 0 Å². The van der Waals surface area contributed by atoms with Crippen LogP contribution in [0.15, 0.2) is 24.3 Å². The standard InChI is InChI=1S/C14H21N3/c1-3-17(4-2)12-11-16-14-7-5-13(6-8-14)9-10-15/h5-8,16H,3-4,9,11-12H2,1-2H3. The predicted molar refractivity (Wildman–Crippen MR) is 72.0 cm³/mol. The first-order valence-corrected chi connectivity index (χ1v) is 6.22. The molecular weight excluding hydrogens is 210 g/mol. The third kappa shape index (κ3) is 4.88. The molecule has 0 atom stereocenters. The van der Waals surface area contributed by atoms with Crippen LogP contribution < -0.4 is 5.32 Å². The topological polar surface area (TPSA) is 39.1 Å². The van der Waals surface area contributed by atoms with Crippen molar-refractivity contribution in [3.63, 3.8) is 0 Å². The molecule has 0 radical (unpaired) electrons. The van der Waals surface area contributed by atoms with E-state index in [4.69, 9.17) is 5.26 Å². The van der Waals surface area contributed by atoms with Gasteiger partial charge in [-0.15, -0.1) is 0 Å². The molecule has 1 aromatic carbocycles. The van der Waals surface area contributed by atoms with Gasteiger partial charge in [0, 0.05) is 18.8 Å². The average molecular weight is 231 g/mol. The Hall–Kier alpha value is -1.53. The highest BCUT2D eigenvalue weighted by atomic mass is 15.1. The monoisotopic (exact) mass is 231 g/mol. The third-order valence-corrected chi connectivity index (χ3v) is 2.89. The minimum atomic E-state index is 0.486. The highest BCUT2D eigenvalue weighted by molar-refractivity contribution is 5.44. The van der Waals surface area contributed by atoms with Gasteiger partial charge in [-0.3, -0.25) is 0 Å². The molecule has 0 saturated heterocycles. The number of hydrogen-bond acceptors (Lipinski definition) is 3. The summed E-state index contributed by atoms with van der Waals surface area (Å²) in [5.41, 5.74) is 2.20. The van der Waals surface area contributed by atoms with Crippen molar-refractivity contribution < 1.29 is 0 Å². The molecule has 0 fully saturated rings. The van der Waals surface area contributed by atoms with Crippen LogP contribution in [-0.2, 0) is 6.42 Å². The van der Waals surface area contributed by atoms with Crippen LogP contribution in [0, 0.1) is 11.3 Å². The van der Waals surface area contributed by atoms with Gasteiger partial charge in [0.15, 0.2) is 0 Å². The average Bonchev–Trinajstić information content (AvgIpc) is 2.37. The minimum Gasteiger partial charge on any atom is -0.384 e. The summed E-state index contributed by atoms with van der Waals surface area (Å²) >= 11 is 0. The largest absolute Gasteiger partial charge is 0.384 e. The lowest BCUT2D eigenvalue weighted by molar-refractivity contribution is 0.316. The molecule has 0 unspecified atom stereocenters. The summed E-state index contributed by atoms with van der Waals surface area (Å²) in [7, 11) is 0. The fraction of sp³-hybridized carbons (Fsp3) is 0.500. The molecule has 1 aromatic rings. The van der Waals surface area contributed by atoms with Crippen LogP contribution >= 0.6 is 0 Å². The van der Waals surface area contributed by atoms with Gasteiger partial charge in [0.1, 0.15) is 0 Å². The maximum atomic E-state index is 8.57. The van der Waals surface area contributed by atoms with Crippen molar-refractivity contribution in [2.75, 3.05) is 31.5 Å². The molecule has 0 spiro atoms. The molecule has 3 heteroatoms. The molecule has 1 N–H and O–H groups in total. The van der Waals surface area contributed by atoms with Gasteiger partial charge in [-0.25, -0.2) is 0 Å². The molecule has 0 aromatic heterocycles. The summed E-state index contributed by atoms with van der Waals surface area (Å²) in [6.45, 7) is 8.57. The Morgan fingerprint density at radius 2 is 1.82 bits per heavy atom. The second kappa shape index (κ2) is 7.70. The van der Waals surface area contributed by atoms with Crippen LogP contribution in [0.5, 0.6) is 0 Å². The summed E-state index contributed by atoms with van der Waals surface area (Å²) in [5.74, 6) is 0. The predicted octanol–water partition coefficient (Wildman–Crippen LogP) is 2.51. The third-order valence-electron chi connectivity index (χ3n) is 2.89. The van der Waals surface area contributed by atoms with Crippen molar-refractivity contribution in [3.05, 3.63) is 29.8 Å². The lowest BCUT2D eigenvalue weighted by Crippen LogP contribution is -2.28. The first-order valence-electron chi connectivity index (χ1n) is 6.22. The van der Waals surface area contributed by atoms with Crippen molar-refractivity contribution in [3.8, 4) is 6.07 Å². The smallest absolute Gasteiger partial charge is 0.0669 e. The van der Waals surface area contributed by atoms with Crippen molar-refractivity contribution in [1.29, 1.82) is 5.26 Å². The van der Waals surface area contributed by atoms with Gasteiger partial charge in [0.05, 0.1) is 12.5 Å². The Bertz CT molecular complexity index is 347.